The first-order valence-corrected chi connectivity index (χ1v) is 7.40. The quantitative estimate of drug-likeness (QED) is 0.890. The molecule has 114 valence electrons. The monoisotopic (exact) mass is 290 g/mol. The Morgan fingerprint density at radius 3 is 2.57 bits per heavy atom. The molecule has 1 aliphatic rings. The first-order chi connectivity index (χ1) is 9.94. The number of carboxylic acid groups (broad SMARTS) is 1. The van der Waals surface area contributed by atoms with Crippen LogP contribution in [0.5, 0.6) is 0 Å². The van der Waals surface area contributed by atoms with Crippen molar-refractivity contribution in [2.24, 2.45) is 5.73 Å². The number of hydrogen-bond acceptors (Lipinski definition) is 3. The summed E-state index contributed by atoms with van der Waals surface area (Å²) >= 11 is 0. The van der Waals surface area contributed by atoms with E-state index in [0.29, 0.717) is 31.5 Å². The molecule has 0 bridgehead atoms. The Hall–Kier alpha value is -1.88. The van der Waals surface area contributed by atoms with E-state index in [1.165, 1.54) is 0 Å². The van der Waals surface area contributed by atoms with Crippen molar-refractivity contribution in [1.29, 1.82) is 0 Å². The first kappa shape index (κ1) is 15.5. The summed E-state index contributed by atoms with van der Waals surface area (Å²) in [4.78, 5) is 25.8. The lowest BCUT2D eigenvalue weighted by molar-refractivity contribution is -0.124. The lowest BCUT2D eigenvalue weighted by atomic mass is 9.89. The van der Waals surface area contributed by atoms with Crippen LogP contribution in [0.4, 0.5) is 5.69 Å². The lowest BCUT2D eigenvalue weighted by Gasteiger charge is -2.36. The van der Waals surface area contributed by atoms with Gasteiger partial charge in [0.25, 0.3) is 0 Å². The molecule has 5 nitrogen and oxygen atoms in total. The van der Waals surface area contributed by atoms with Crippen molar-refractivity contribution in [3.8, 4) is 0 Å². The number of carbonyl (C=O) groups is 2. The van der Waals surface area contributed by atoms with E-state index in [4.69, 9.17) is 5.73 Å². The minimum Gasteiger partial charge on any atom is -0.478 e. The van der Waals surface area contributed by atoms with Gasteiger partial charge in [0.2, 0.25) is 5.91 Å². The maximum atomic E-state index is 12.8. The third-order valence-electron chi connectivity index (χ3n) is 4.41. The predicted molar refractivity (Wildman–Crippen MR) is 81.6 cm³/mol. The molecule has 1 amide bonds. The molecule has 0 unspecified atom stereocenters. The molecular weight excluding hydrogens is 268 g/mol. The molecule has 0 atom stereocenters. The fourth-order valence-electron chi connectivity index (χ4n) is 2.86. The summed E-state index contributed by atoms with van der Waals surface area (Å²) in [5.74, 6) is -1.07. The van der Waals surface area contributed by atoms with Crippen LogP contribution in [0.3, 0.4) is 0 Å². The maximum Gasteiger partial charge on any atom is 0.336 e. The highest BCUT2D eigenvalue weighted by atomic mass is 16.4. The van der Waals surface area contributed by atoms with Crippen LogP contribution < -0.4 is 10.6 Å². The van der Waals surface area contributed by atoms with Crippen LogP contribution in [0, 0.1) is 0 Å². The normalized spacial score (nSPS) is 14.7. The number of hydrogen-bond donors (Lipinski definition) is 2. The number of amides is 1. The second kappa shape index (κ2) is 5.85. The van der Waals surface area contributed by atoms with Crippen LogP contribution in [-0.2, 0) is 11.2 Å². The van der Waals surface area contributed by atoms with Crippen LogP contribution in [0.15, 0.2) is 18.2 Å². The van der Waals surface area contributed by atoms with Crippen molar-refractivity contribution in [2.75, 3.05) is 11.4 Å². The van der Waals surface area contributed by atoms with Gasteiger partial charge in [0.1, 0.15) is 0 Å². The van der Waals surface area contributed by atoms with Crippen LogP contribution in [0.1, 0.15) is 49.0 Å². The molecule has 0 saturated carbocycles. The summed E-state index contributed by atoms with van der Waals surface area (Å²) < 4.78 is 0. The van der Waals surface area contributed by atoms with Crippen molar-refractivity contribution in [2.45, 2.75) is 45.1 Å². The fraction of sp³-hybridized carbons (Fsp3) is 0.500. The van der Waals surface area contributed by atoms with E-state index >= 15 is 0 Å². The second-order valence-corrected chi connectivity index (χ2v) is 5.53. The molecule has 21 heavy (non-hydrogen) atoms. The zero-order valence-corrected chi connectivity index (χ0v) is 12.6. The summed E-state index contributed by atoms with van der Waals surface area (Å²) in [7, 11) is 0. The standard InChI is InChI=1S/C16H22N2O3/c1-3-16(17,4-2)15(21)18-10-6-8-11-12(14(19)20)7-5-9-13(11)18/h5,7,9H,3-4,6,8,10,17H2,1-2H3,(H,19,20). The Morgan fingerprint density at radius 2 is 2.00 bits per heavy atom. The Morgan fingerprint density at radius 1 is 1.33 bits per heavy atom. The van der Waals surface area contributed by atoms with Crippen molar-refractivity contribution in [3.63, 3.8) is 0 Å². The molecule has 3 N–H and O–H groups in total. The van der Waals surface area contributed by atoms with Gasteiger partial charge >= 0.3 is 5.97 Å². The van der Waals surface area contributed by atoms with Gasteiger partial charge in [-0.05, 0) is 43.4 Å². The van der Waals surface area contributed by atoms with Gasteiger partial charge in [0, 0.05) is 12.2 Å². The summed E-state index contributed by atoms with van der Waals surface area (Å²) in [5.41, 5.74) is 7.05. The van der Waals surface area contributed by atoms with E-state index in [1.54, 1.807) is 17.0 Å². The van der Waals surface area contributed by atoms with Crippen molar-refractivity contribution in [1.82, 2.24) is 0 Å². The van der Waals surface area contributed by atoms with Gasteiger partial charge in [0.15, 0.2) is 0 Å². The van der Waals surface area contributed by atoms with Crippen molar-refractivity contribution in [3.05, 3.63) is 29.3 Å². The lowest BCUT2D eigenvalue weighted by Crippen LogP contribution is -2.56. The van der Waals surface area contributed by atoms with E-state index < -0.39 is 11.5 Å². The highest BCUT2D eigenvalue weighted by Gasteiger charge is 2.37. The minimum absolute atomic E-state index is 0.115. The molecule has 1 aromatic rings. The van der Waals surface area contributed by atoms with E-state index in [9.17, 15) is 14.7 Å². The van der Waals surface area contributed by atoms with Gasteiger partial charge in [0.05, 0.1) is 11.1 Å². The van der Waals surface area contributed by atoms with Crippen molar-refractivity contribution >= 4 is 17.6 Å². The average Bonchev–Trinajstić information content (AvgIpc) is 2.52. The summed E-state index contributed by atoms with van der Waals surface area (Å²) in [6.45, 7) is 4.40. The number of carboxylic acids is 1. The van der Waals surface area contributed by atoms with Crippen LogP contribution >= 0.6 is 0 Å². The van der Waals surface area contributed by atoms with Crippen LogP contribution in [0.25, 0.3) is 0 Å². The first-order valence-electron chi connectivity index (χ1n) is 7.40. The Kier molecular flexibility index (Phi) is 4.32. The number of nitrogens with two attached hydrogens (primary N) is 1. The van der Waals surface area contributed by atoms with Gasteiger partial charge in [-0.3, -0.25) is 4.79 Å². The Labute approximate surface area is 124 Å². The van der Waals surface area contributed by atoms with Gasteiger partial charge in [-0.25, -0.2) is 4.79 Å². The minimum atomic E-state index is -0.953. The third kappa shape index (κ3) is 2.65. The van der Waals surface area contributed by atoms with E-state index in [2.05, 4.69) is 0 Å². The highest BCUT2D eigenvalue weighted by Crippen LogP contribution is 2.32. The molecule has 0 saturated heterocycles. The largest absolute Gasteiger partial charge is 0.478 e. The van der Waals surface area contributed by atoms with Gasteiger partial charge < -0.3 is 15.7 Å². The van der Waals surface area contributed by atoms with Gasteiger partial charge in [-0.2, -0.15) is 0 Å². The second-order valence-electron chi connectivity index (χ2n) is 5.53. The summed E-state index contributed by atoms with van der Waals surface area (Å²) in [5, 5.41) is 9.29. The SMILES string of the molecule is CCC(N)(CC)C(=O)N1CCCc2c(C(=O)O)cccc21. The van der Waals surface area contributed by atoms with Gasteiger partial charge in [-0.1, -0.05) is 19.9 Å². The molecule has 1 aromatic carbocycles. The third-order valence-corrected chi connectivity index (χ3v) is 4.41. The molecule has 0 aliphatic carbocycles. The zero-order chi connectivity index (χ0) is 15.6. The predicted octanol–water partition coefficient (Wildman–Crippen LogP) is 2.18. The van der Waals surface area contributed by atoms with E-state index in [-0.39, 0.29) is 11.5 Å². The smallest absolute Gasteiger partial charge is 0.336 e. The number of rotatable bonds is 4. The topological polar surface area (TPSA) is 83.6 Å². The highest BCUT2D eigenvalue weighted by molar-refractivity contribution is 6.02. The zero-order valence-electron chi connectivity index (χ0n) is 12.6. The molecular formula is C16H22N2O3. The summed E-state index contributed by atoms with van der Waals surface area (Å²) in [6.07, 6.45) is 2.56. The van der Waals surface area contributed by atoms with Crippen molar-refractivity contribution < 1.29 is 14.7 Å². The molecule has 2 rings (SSSR count). The Bertz CT molecular complexity index is 565. The Balaban J connectivity index is 2.46. The number of anilines is 1. The van der Waals surface area contributed by atoms with Crippen LogP contribution in [0.2, 0.25) is 0 Å². The number of carbonyl (C=O) groups excluding carboxylic acids is 1. The number of nitrogens with zero attached hydrogens (tertiary/aromatic N) is 1. The molecule has 1 aliphatic heterocycles. The molecule has 0 aromatic heterocycles. The molecule has 1 heterocycles. The van der Waals surface area contributed by atoms with E-state index in [1.807, 2.05) is 19.9 Å². The molecule has 0 radical (unpaired) electrons. The average molecular weight is 290 g/mol. The molecule has 0 fully saturated rings. The molecule has 5 heteroatoms. The summed E-state index contributed by atoms with van der Waals surface area (Å²) in [6, 6.07) is 5.08. The van der Waals surface area contributed by atoms with E-state index in [0.717, 1.165) is 12.0 Å². The number of aromatic carboxylic acids is 1. The van der Waals surface area contributed by atoms with Gasteiger partial charge in [-0.15, -0.1) is 0 Å². The number of benzene rings is 1. The van der Waals surface area contributed by atoms with Crippen LogP contribution in [-0.4, -0.2) is 29.1 Å². The molecule has 0 spiro atoms. The number of fused-ring (bicyclic) bond motifs is 1. The fourth-order valence-corrected chi connectivity index (χ4v) is 2.86. The maximum absolute atomic E-state index is 12.8.